The first-order valence-electron chi connectivity index (χ1n) is 8.67. The molecule has 0 saturated heterocycles. The Hall–Kier alpha value is -3.88. The van der Waals surface area contributed by atoms with Crippen molar-refractivity contribution in [3.63, 3.8) is 0 Å². The first kappa shape index (κ1) is 17.5. The van der Waals surface area contributed by atoms with E-state index in [1.807, 2.05) is 38.1 Å². The number of ether oxygens (including phenoxy) is 1. The lowest BCUT2D eigenvalue weighted by Gasteiger charge is -2.08. The Morgan fingerprint density at radius 2 is 2.00 bits per heavy atom. The summed E-state index contributed by atoms with van der Waals surface area (Å²) in [4.78, 5) is 25.1. The van der Waals surface area contributed by atoms with Crippen molar-refractivity contribution in [2.75, 3.05) is 0 Å². The quantitative estimate of drug-likeness (QED) is 0.490. The number of fused-ring (bicyclic) bond motifs is 1. The van der Waals surface area contributed by atoms with Crippen LogP contribution in [0.15, 0.2) is 52.5 Å². The van der Waals surface area contributed by atoms with E-state index in [9.17, 15) is 9.90 Å². The van der Waals surface area contributed by atoms with E-state index in [2.05, 4.69) is 25.0 Å². The molecule has 0 radical (unpaired) electrons. The van der Waals surface area contributed by atoms with Crippen molar-refractivity contribution in [2.24, 2.45) is 4.99 Å². The Morgan fingerprint density at radius 1 is 1.21 bits per heavy atom. The normalized spacial score (nSPS) is 13.0. The van der Waals surface area contributed by atoms with Crippen molar-refractivity contribution in [2.45, 2.75) is 20.0 Å². The minimum atomic E-state index is -0.492. The number of hydrogen-bond donors (Lipinski definition) is 3. The van der Waals surface area contributed by atoms with Gasteiger partial charge in [0.2, 0.25) is 5.88 Å². The van der Waals surface area contributed by atoms with Crippen LogP contribution in [0, 0.1) is 0 Å². The van der Waals surface area contributed by atoms with Crippen LogP contribution in [-0.2, 0) is 0 Å². The number of aromatic hydroxyl groups is 1. The zero-order chi connectivity index (χ0) is 19.7. The van der Waals surface area contributed by atoms with Crippen LogP contribution in [0.4, 0.5) is 5.69 Å². The molecular formula is C19H18N6O3. The van der Waals surface area contributed by atoms with Crippen LogP contribution < -0.4 is 21.1 Å². The van der Waals surface area contributed by atoms with Gasteiger partial charge in [0.25, 0.3) is 0 Å². The maximum atomic E-state index is 11.3. The molecule has 1 aromatic carbocycles. The molecule has 3 N–H and O–H groups in total. The molecule has 0 spiro atoms. The average molecular weight is 378 g/mol. The molecule has 0 aliphatic rings. The maximum Gasteiger partial charge on any atom is 0.326 e. The topological polar surface area (TPSA) is 121 Å². The van der Waals surface area contributed by atoms with Gasteiger partial charge in [-0.3, -0.25) is 4.98 Å². The molecular weight excluding hydrogens is 360 g/mol. The van der Waals surface area contributed by atoms with Gasteiger partial charge in [-0.1, -0.05) is 0 Å². The number of nitrogens with zero attached hydrogens (tertiary/aromatic N) is 4. The molecule has 3 aromatic heterocycles. The van der Waals surface area contributed by atoms with Gasteiger partial charge in [-0.05, 0) is 44.2 Å². The summed E-state index contributed by atoms with van der Waals surface area (Å²) in [5, 5.41) is 14.6. The summed E-state index contributed by atoms with van der Waals surface area (Å²) in [6.45, 7) is 3.95. The minimum Gasteiger partial charge on any atom is -0.493 e. The molecule has 0 unspecified atom stereocenters. The van der Waals surface area contributed by atoms with Gasteiger partial charge in [0.15, 0.2) is 11.1 Å². The van der Waals surface area contributed by atoms with Crippen LogP contribution in [0.1, 0.15) is 19.5 Å². The van der Waals surface area contributed by atoms with Crippen LogP contribution >= 0.6 is 0 Å². The lowest BCUT2D eigenvalue weighted by Crippen LogP contribution is -2.12. The number of rotatable bonds is 4. The number of aromatic amines is 2. The van der Waals surface area contributed by atoms with E-state index >= 15 is 0 Å². The number of imidazole rings is 1. The van der Waals surface area contributed by atoms with E-state index in [-0.39, 0.29) is 17.7 Å². The smallest absolute Gasteiger partial charge is 0.326 e. The monoisotopic (exact) mass is 378 g/mol. The third kappa shape index (κ3) is 3.63. The van der Waals surface area contributed by atoms with Gasteiger partial charge in [0.05, 0.1) is 18.0 Å². The third-order valence-corrected chi connectivity index (χ3v) is 3.87. The molecule has 28 heavy (non-hydrogen) atoms. The van der Waals surface area contributed by atoms with Crippen LogP contribution in [0.5, 0.6) is 11.6 Å². The first-order valence-corrected chi connectivity index (χ1v) is 8.67. The van der Waals surface area contributed by atoms with Gasteiger partial charge in [-0.25, -0.2) is 19.3 Å². The Balaban J connectivity index is 1.74. The van der Waals surface area contributed by atoms with Crippen molar-refractivity contribution in [1.29, 1.82) is 0 Å². The molecule has 0 saturated carbocycles. The number of nitrogens with one attached hydrogen (secondary N) is 2. The summed E-state index contributed by atoms with van der Waals surface area (Å²) in [5.74, 6) is 0.541. The lowest BCUT2D eigenvalue weighted by molar-refractivity contribution is 0.242. The summed E-state index contributed by atoms with van der Waals surface area (Å²) in [6, 6.07) is 9.18. The molecule has 0 fully saturated rings. The molecule has 9 heteroatoms. The van der Waals surface area contributed by atoms with Gasteiger partial charge in [0, 0.05) is 17.5 Å². The Bertz CT molecular complexity index is 1300. The van der Waals surface area contributed by atoms with Crippen LogP contribution in [-0.4, -0.2) is 35.8 Å². The molecule has 142 valence electrons. The Kier molecular flexibility index (Phi) is 4.40. The highest BCUT2D eigenvalue weighted by molar-refractivity contribution is 5.56. The van der Waals surface area contributed by atoms with E-state index < -0.39 is 5.69 Å². The van der Waals surface area contributed by atoms with Gasteiger partial charge < -0.3 is 14.8 Å². The largest absolute Gasteiger partial charge is 0.493 e. The molecule has 0 amide bonds. The summed E-state index contributed by atoms with van der Waals surface area (Å²) < 4.78 is 7.22. The Labute approximate surface area is 158 Å². The highest BCUT2D eigenvalue weighted by Crippen LogP contribution is 2.18. The van der Waals surface area contributed by atoms with E-state index in [1.165, 1.54) is 0 Å². The maximum absolute atomic E-state index is 11.3. The van der Waals surface area contributed by atoms with Crippen LogP contribution in [0.25, 0.3) is 11.7 Å². The van der Waals surface area contributed by atoms with Crippen molar-refractivity contribution in [3.8, 4) is 11.6 Å². The van der Waals surface area contributed by atoms with Crippen molar-refractivity contribution >= 4 is 17.4 Å². The standard InChI is InChI=1S/C19H18N6O3/c1-11(2)28-14-5-3-13(4-6-14)21-16-7-8-25-17(23-16)12(10-20-25)9-15-18(26)24-19(27)22-15/h3-11,26H,1-2H3,(H2,22,24,27)/b12-9+,21-16?. The van der Waals surface area contributed by atoms with Crippen molar-refractivity contribution < 1.29 is 9.84 Å². The second-order valence-electron chi connectivity index (χ2n) is 6.41. The summed E-state index contributed by atoms with van der Waals surface area (Å²) in [5.41, 5.74) is 1.55. The second kappa shape index (κ2) is 7.03. The molecule has 0 bridgehead atoms. The van der Waals surface area contributed by atoms with Crippen LogP contribution in [0.3, 0.4) is 0 Å². The highest BCUT2D eigenvalue weighted by Gasteiger charge is 2.05. The lowest BCUT2D eigenvalue weighted by atomic mass is 10.3. The number of benzene rings is 1. The fourth-order valence-corrected chi connectivity index (χ4v) is 2.69. The predicted molar refractivity (Wildman–Crippen MR) is 102 cm³/mol. The number of H-pyrrole nitrogens is 2. The van der Waals surface area contributed by atoms with Gasteiger partial charge in [-0.15, -0.1) is 0 Å². The van der Waals surface area contributed by atoms with Crippen molar-refractivity contribution in [3.05, 3.63) is 69.6 Å². The predicted octanol–water partition coefficient (Wildman–Crippen LogP) is 1.02. The molecule has 0 atom stereocenters. The van der Waals surface area contributed by atoms with E-state index in [0.29, 0.717) is 16.4 Å². The fraction of sp³-hybridized carbons (Fsp3) is 0.158. The Morgan fingerprint density at radius 3 is 2.68 bits per heavy atom. The van der Waals surface area contributed by atoms with E-state index in [4.69, 9.17) is 4.74 Å². The summed E-state index contributed by atoms with van der Waals surface area (Å²) >= 11 is 0. The highest BCUT2D eigenvalue weighted by atomic mass is 16.5. The zero-order valence-corrected chi connectivity index (χ0v) is 15.2. The molecule has 3 heterocycles. The first-order chi connectivity index (χ1) is 13.5. The second-order valence-corrected chi connectivity index (χ2v) is 6.41. The fourth-order valence-electron chi connectivity index (χ4n) is 2.69. The van der Waals surface area contributed by atoms with E-state index in [1.54, 1.807) is 29.1 Å². The summed E-state index contributed by atoms with van der Waals surface area (Å²) in [7, 11) is 0. The number of aromatic nitrogens is 5. The SMILES string of the molecule is CC(C)Oc1ccc(N=c2ccn3nc/c(=C\c4[nH]c(=O)[nH]c4O)c3n2)cc1. The van der Waals surface area contributed by atoms with Gasteiger partial charge in [0.1, 0.15) is 11.4 Å². The summed E-state index contributed by atoms with van der Waals surface area (Å²) in [6.07, 6.45) is 5.03. The van der Waals surface area contributed by atoms with Gasteiger partial charge in [-0.2, -0.15) is 5.10 Å². The van der Waals surface area contributed by atoms with Crippen LogP contribution in [0.2, 0.25) is 0 Å². The zero-order valence-electron chi connectivity index (χ0n) is 15.2. The molecule has 4 aromatic rings. The third-order valence-electron chi connectivity index (χ3n) is 3.87. The van der Waals surface area contributed by atoms with E-state index in [0.717, 1.165) is 11.4 Å². The molecule has 0 aliphatic heterocycles. The molecule has 0 aliphatic carbocycles. The number of hydrogen-bond acceptors (Lipinski definition) is 6. The van der Waals surface area contributed by atoms with Gasteiger partial charge >= 0.3 is 5.69 Å². The molecule has 4 rings (SSSR count). The van der Waals surface area contributed by atoms with Crippen molar-refractivity contribution in [1.82, 2.24) is 24.6 Å². The minimum absolute atomic E-state index is 0.109. The average Bonchev–Trinajstić information content (AvgIpc) is 3.19. The molecule has 9 nitrogen and oxygen atoms in total.